The number of carbonyl (C=O) groups is 2. The lowest BCUT2D eigenvalue weighted by Gasteiger charge is -2.20. The second-order valence-corrected chi connectivity index (χ2v) is 4.95. The van der Waals surface area contributed by atoms with Crippen LogP contribution in [-0.2, 0) is 29.1 Å². The van der Waals surface area contributed by atoms with E-state index in [-0.39, 0.29) is 11.8 Å². The lowest BCUT2D eigenvalue weighted by Crippen LogP contribution is -2.44. The van der Waals surface area contributed by atoms with Gasteiger partial charge in [-0.25, -0.2) is 9.97 Å². The van der Waals surface area contributed by atoms with E-state index in [1.54, 1.807) is 24.9 Å². The maximum absolute atomic E-state index is 12.3. The normalized spacial score (nSPS) is 14.8. The largest absolute Gasteiger partial charge is 0.345 e. The fourth-order valence-corrected chi connectivity index (χ4v) is 2.20. The highest BCUT2D eigenvalue weighted by Gasteiger charge is 2.28. The number of aryl methyl sites for hydroxylation is 1. The Kier molecular flexibility index (Phi) is 4.32. The first kappa shape index (κ1) is 14.4. The van der Waals surface area contributed by atoms with E-state index in [4.69, 9.17) is 0 Å². The average molecular weight is 276 g/mol. The molecule has 1 unspecified atom stereocenters. The summed E-state index contributed by atoms with van der Waals surface area (Å²) in [6.45, 7) is 6.49. The summed E-state index contributed by atoms with van der Waals surface area (Å²) in [5.41, 5.74) is 1.91. The summed E-state index contributed by atoms with van der Waals surface area (Å²) in [6, 6.07) is -0.504. The van der Waals surface area contributed by atoms with Crippen molar-refractivity contribution < 1.29 is 9.59 Å². The Morgan fingerprint density at radius 1 is 1.40 bits per heavy atom. The van der Waals surface area contributed by atoms with Crippen LogP contribution >= 0.6 is 0 Å². The molecule has 2 heterocycles. The minimum atomic E-state index is -0.504. The summed E-state index contributed by atoms with van der Waals surface area (Å²) in [6.07, 6.45) is 2.96. The van der Waals surface area contributed by atoms with Gasteiger partial charge in [-0.15, -0.1) is 0 Å². The highest BCUT2D eigenvalue weighted by molar-refractivity contribution is 5.87. The van der Waals surface area contributed by atoms with E-state index in [0.29, 0.717) is 19.5 Å². The number of nitrogens with one attached hydrogen (secondary N) is 1. The molecular weight excluding hydrogens is 256 g/mol. The van der Waals surface area contributed by atoms with Crippen molar-refractivity contribution in [2.75, 3.05) is 0 Å². The molecule has 1 aliphatic rings. The number of fused-ring (bicyclic) bond motifs is 1. The van der Waals surface area contributed by atoms with Crippen LogP contribution in [0.5, 0.6) is 0 Å². The van der Waals surface area contributed by atoms with Crippen LogP contribution in [0.25, 0.3) is 0 Å². The van der Waals surface area contributed by atoms with Crippen LogP contribution in [0.15, 0.2) is 6.20 Å². The molecule has 20 heavy (non-hydrogen) atoms. The molecule has 108 valence electrons. The number of hydrogen-bond acceptors (Lipinski definition) is 4. The third-order valence-corrected chi connectivity index (χ3v) is 3.40. The molecule has 0 bridgehead atoms. The molecule has 0 spiro atoms. The van der Waals surface area contributed by atoms with Gasteiger partial charge < -0.3 is 10.2 Å². The molecule has 1 aromatic heterocycles. The van der Waals surface area contributed by atoms with E-state index in [1.165, 1.54) is 0 Å². The molecule has 1 atom stereocenters. The number of amides is 2. The summed E-state index contributed by atoms with van der Waals surface area (Å²) >= 11 is 0. The highest BCUT2D eigenvalue weighted by Crippen LogP contribution is 2.21. The van der Waals surface area contributed by atoms with Crippen LogP contribution in [0.3, 0.4) is 0 Å². The number of hydrogen-bond donors (Lipinski definition) is 1. The van der Waals surface area contributed by atoms with Gasteiger partial charge in [-0.2, -0.15) is 0 Å². The van der Waals surface area contributed by atoms with E-state index in [0.717, 1.165) is 23.5 Å². The van der Waals surface area contributed by atoms with Crippen LogP contribution in [0.4, 0.5) is 0 Å². The van der Waals surface area contributed by atoms with Gasteiger partial charge in [0.25, 0.3) is 0 Å². The molecule has 2 rings (SSSR count). The Balaban J connectivity index is 2.03. The van der Waals surface area contributed by atoms with Crippen molar-refractivity contribution in [1.82, 2.24) is 20.2 Å². The fourth-order valence-electron chi connectivity index (χ4n) is 2.20. The Morgan fingerprint density at radius 2 is 2.15 bits per heavy atom. The topological polar surface area (TPSA) is 75.2 Å². The summed E-state index contributed by atoms with van der Waals surface area (Å²) in [5.74, 6) is 0.601. The summed E-state index contributed by atoms with van der Waals surface area (Å²) in [4.78, 5) is 34.0. The van der Waals surface area contributed by atoms with E-state index >= 15 is 0 Å². The predicted octanol–water partition coefficient (Wildman–Crippen LogP) is 0.796. The third-order valence-electron chi connectivity index (χ3n) is 3.40. The van der Waals surface area contributed by atoms with Crippen molar-refractivity contribution >= 4 is 11.8 Å². The van der Waals surface area contributed by atoms with Crippen molar-refractivity contribution in [1.29, 1.82) is 0 Å². The zero-order valence-electron chi connectivity index (χ0n) is 12.1. The molecule has 1 aromatic rings. The first-order chi connectivity index (χ1) is 9.55. The second-order valence-electron chi connectivity index (χ2n) is 4.95. The smallest absolute Gasteiger partial charge is 0.245 e. The number of carbonyl (C=O) groups excluding carboxylic acids is 2. The maximum atomic E-state index is 12.3. The van der Waals surface area contributed by atoms with Gasteiger partial charge in [-0.05, 0) is 6.92 Å². The van der Waals surface area contributed by atoms with Gasteiger partial charge >= 0.3 is 0 Å². The minimum absolute atomic E-state index is 0.0807. The number of rotatable bonds is 4. The van der Waals surface area contributed by atoms with Gasteiger partial charge in [0.15, 0.2) is 0 Å². The molecule has 0 aliphatic carbocycles. The van der Waals surface area contributed by atoms with Gasteiger partial charge in [0.1, 0.15) is 11.9 Å². The van der Waals surface area contributed by atoms with Gasteiger partial charge in [0.2, 0.25) is 11.8 Å². The maximum Gasteiger partial charge on any atom is 0.245 e. The van der Waals surface area contributed by atoms with E-state index in [1.807, 2.05) is 6.92 Å². The molecule has 1 N–H and O–H groups in total. The molecule has 6 nitrogen and oxygen atoms in total. The molecule has 0 saturated carbocycles. The zero-order valence-corrected chi connectivity index (χ0v) is 12.1. The minimum Gasteiger partial charge on any atom is -0.345 e. The standard InChI is InChI=1S/C14H20N4O2/c1-4-12-15-6-10-7-18(8-11(10)17-12)14(20)9(3)16-13(19)5-2/h6,9H,4-5,7-8H2,1-3H3,(H,16,19). The fraction of sp³-hybridized carbons (Fsp3) is 0.571. The first-order valence-corrected chi connectivity index (χ1v) is 6.97. The number of nitrogens with zero attached hydrogens (tertiary/aromatic N) is 3. The van der Waals surface area contributed by atoms with Crippen molar-refractivity contribution in [3.05, 3.63) is 23.3 Å². The van der Waals surface area contributed by atoms with Gasteiger partial charge in [-0.3, -0.25) is 9.59 Å². The van der Waals surface area contributed by atoms with Crippen LogP contribution < -0.4 is 5.32 Å². The summed E-state index contributed by atoms with van der Waals surface area (Å²) < 4.78 is 0. The molecule has 2 amide bonds. The lowest BCUT2D eigenvalue weighted by molar-refractivity contribution is -0.136. The van der Waals surface area contributed by atoms with Crippen LogP contribution in [0.1, 0.15) is 44.3 Å². The van der Waals surface area contributed by atoms with E-state index in [2.05, 4.69) is 15.3 Å². The number of aromatic nitrogens is 2. The average Bonchev–Trinajstić information content (AvgIpc) is 2.88. The van der Waals surface area contributed by atoms with Gasteiger partial charge in [-0.1, -0.05) is 13.8 Å². The molecule has 0 radical (unpaired) electrons. The van der Waals surface area contributed by atoms with E-state index < -0.39 is 6.04 Å². The van der Waals surface area contributed by atoms with Crippen molar-refractivity contribution in [3.63, 3.8) is 0 Å². The molecule has 1 aliphatic heterocycles. The molecule has 6 heteroatoms. The van der Waals surface area contributed by atoms with Crippen LogP contribution in [-0.4, -0.2) is 32.7 Å². The summed E-state index contributed by atoms with van der Waals surface area (Å²) in [5, 5.41) is 2.69. The van der Waals surface area contributed by atoms with Crippen molar-refractivity contribution in [2.24, 2.45) is 0 Å². The Hall–Kier alpha value is -1.98. The monoisotopic (exact) mass is 276 g/mol. The zero-order chi connectivity index (χ0) is 14.7. The van der Waals surface area contributed by atoms with Crippen molar-refractivity contribution in [2.45, 2.75) is 52.7 Å². The van der Waals surface area contributed by atoms with Crippen LogP contribution in [0.2, 0.25) is 0 Å². The van der Waals surface area contributed by atoms with Gasteiger partial charge in [0.05, 0.1) is 12.2 Å². The Labute approximate surface area is 118 Å². The van der Waals surface area contributed by atoms with Gasteiger partial charge in [0, 0.05) is 31.1 Å². The molecule has 0 fully saturated rings. The molecule has 0 saturated heterocycles. The third kappa shape index (κ3) is 2.95. The molecule has 0 aromatic carbocycles. The molecular formula is C14H20N4O2. The predicted molar refractivity (Wildman–Crippen MR) is 73.6 cm³/mol. The first-order valence-electron chi connectivity index (χ1n) is 6.97. The summed E-state index contributed by atoms with van der Waals surface area (Å²) in [7, 11) is 0. The highest BCUT2D eigenvalue weighted by atomic mass is 16.2. The van der Waals surface area contributed by atoms with Crippen LogP contribution in [0, 0.1) is 0 Å². The Bertz CT molecular complexity index is 530. The second kappa shape index (κ2) is 5.98. The SMILES string of the molecule is CCC(=O)NC(C)C(=O)N1Cc2cnc(CC)nc2C1. The van der Waals surface area contributed by atoms with Crippen molar-refractivity contribution in [3.8, 4) is 0 Å². The quantitative estimate of drug-likeness (QED) is 0.882. The Morgan fingerprint density at radius 3 is 2.80 bits per heavy atom. The van der Waals surface area contributed by atoms with E-state index in [9.17, 15) is 9.59 Å². The lowest BCUT2D eigenvalue weighted by atomic mass is 10.2.